The van der Waals surface area contributed by atoms with E-state index in [1.54, 1.807) is 36.4 Å². The molecule has 0 aliphatic heterocycles. The Morgan fingerprint density at radius 1 is 0.931 bits per heavy atom. The third-order valence-electron chi connectivity index (χ3n) is 3.91. The smallest absolute Gasteiger partial charge is 0.291 e. The van der Waals surface area contributed by atoms with Crippen molar-refractivity contribution in [1.82, 2.24) is 0 Å². The molecule has 150 valence electrons. The van der Waals surface area contributed by atoms with E-state index in [2.05, 4.69) is 16.0 Å². The van der Waals surface area contributed by atoms with Gasteiger partial charge in [0.2, 0.25) is 5.91 Å². The summed E-state index contributed by atoms with van der Waals surface area (Å²) in [5.74, 6) is 0.413. The number of nitrogens with one attached hydrogen (secondary N) is 3. The number of hydrogen-bond donors (Lipinski definition) is 3. The normalized spacial score (nSPS) is 10.2. The van der Waals surface area contributed by atoms with Crippen LogP contribution in [0.4, 0.5) is 17.1 Å². The largest absolute Gasteiger partial charge is 0.494 e. The lowest BCUT2D eigenvalue weighted by atomic mass is 10.2. The Labute approximate surface area is 169 Å². The molecule has 0 aliphatic carbocycles. The number of carbonyl (C=O) groups is 2. The van der Waals surface area contributed by atoms with Crippen LogP contribution in [0.15, 0.2) is 71.3 Å². The van der Waals surface area contributed by atoms with E-state index in [1.165, 1.54) is 6.26 Å². The van der Waals surface area contributed by atoms with E-state index < -0.39 is 0 Å². The lowest BCUT2D eigenvalue weighted by molar-refractivity contribution is -0.114. The zero-order valence-electron chi connectivity index (χ0n) is 16.1. The molecule has 0 atom stereocenters. The van der Waals surface area contributed by atoms with Crippen molar-refractivity contribution in [2.45, 2.75) is 13.3 Å². The SMILES string of the molecule is CCCOc1cccc(NCC(=O)Nc2cccc(NC(=O)c3ccco3)c2)c1. The van der Waals surface area contributed by atoms with Crippen LogP contribution in [0.5, 0.6) is 5.75 Å². The third kappa shape index (κ3) is 6.14. The topological polar surface area (TPSA) is 92.6 Å². The highest BCUT2D eigenvalue weighted by molar-refractivity contribution is 6.02. The van der Waals surface area contributed by atoms with Crippen molar-refractivity contribution >= 4 is 28.9 Å². The number of rotatable bonds is 9. The molecule has 0 fully saturated rings. The van der Waals surface area contributed by atoms with Gasteiger partial charge in [0, 0.05) is 23.1 Å². The van der Waals surface area contributed by atoms with Gasteiger partial charge in [0.05, 0.1) is 19.4 Å². The molecule has 3 aromatic rings. The van der Waals surface area contributed by atoms with Crippen LogP contribution in [0.3, 0.4) is 0 Å². The van der Waals surface area contributed by atoms with Gasteiger partial charge in [-0.15, -0.1) is 0 Å². The van der Waals surface area contributed by atoms with E-state index in [0.717, 1.165) is 17.9 Å². The average molecular weight is 393 g/mol. The number of anilines is 3. The Morgan fingerprint density at radius 3 is 2.45 bits per heavy atom. The maximum Gasteiger partial charge on any atom is 0.291 e. The molecule has 0 radical (unpaired) electrons. The van der Waals surface area contributed by atoms with Crippen LogP contribution in [-0.4, -0.2) is 25.0 Å². The minimum Gasteiger partial charge on any atom is -0.494 e. The van der Waals surface area contributed by atoms with Crippen molar-refractivity contribution in [3.8, 4) is 5.75 Å². The standard InChI is InChI=1S/C22H23N3O4/c1-2-11-28-19-9-4-6-16(14-19)23-15-21(26)24-17-7-3-8-18(13-17)25-22(27)20-10-5-12-29-20/h3-10,12-14,23H,2,11,15H2,1H3,(H,24,26)(H,25,27). The summed E-state index contributed by atoms with van der Waals surface area (Å²) < 4.78 is 10.7. The van der Waals surface area contributed by atoms with Crippen LogP contribution in [0.1, 0.15) is 23.9 Å². The van der Waals surface area contributed by atoms with Crippen molar-refractivity contribution in [3.05, 3.63) is 72.7 Å². The Hall–Kier alpha value is -3.74. The first kappa shape index (κ1) is 20.0. The molecule has 7 nitrogen and oxygen atoms in total. The van der Waals surface area contributed by atoms with Crippen LogP contribution < -0.4 is 20.7 Å². The molecule has 3 rings (SSSR count). The Kier molecular flexibility index (Phi) is 6.89. The predicted molar refractivity (Wildman–Crippen MR) is 112 cm³/mol. The van der Waals surface area contributed by atoms with E-state index in [1.807, 2.05) is 31.2 Å². The summed E-state index contributed by atoms with van der Waals surface area (Å²) in [6.07, 6.45) is 2.37. The van der Waals surface area contributed by atoms with Gasteiger partial charge in [0.1, 0.15) is 5.75 Å². The second kappa shape index (κ2) is 9.98. The van der Waals surface area contributed by atoms with Gasteiger partial charge in [-0.05, 0) is 48.9 Å². The molecule has 1 aromatic heterocycles. The van der Waals surface area contributed by atoms with Gasteiger partial charge in [-0.25, -0.2) is 0 Å². The number of carbonyl (C=O) groups excluding carboxylic acids is 2. The minimum absolute atomic E-state index is 0.0974. The molecule has 0 unspecified atom stereocenters. The van der Waals surface area contributed by atoms with Gasteiger partial charge in [0.25, 0.3) is 5.91 Å². The highest BCUT2D eigenvalue weighted by atomic mass is 16.5. The van der Waals surface area contributed by atoms with E-state index in [-0.39, 0.29) is 24.1 Å². The fraction of sp³-hybridized carbons (Fsp3) is 0.182. The van der Waals surface area contributed by atoms with Crippen LogP contribution in [-0.2, 0) is 4.79 Å². The summed E-state index contributed by atoms with van der Waals surface area (Å²) in [6, 6.07) is 17.6. The van der Waals surface area contributed by atoms with E-state index in [9.17, 15) is 9.59 Å². The number of ether oxygens (including phenoxy) is 1. The number of benzene rings is 2. The highest BCUT2D eigenvalue weighted by Crippen LogP contribution is 2.18. The number of hydrogen-bond acceptors (Lipinski definition) is 5. The first-order chi connectivity index (χ1) is 14.1. The summed E-state index contributed by atoms with van der Waals surface area (Å²) in [4.78, 5) is 24.3. The summed E-state index contributed by atoms with van der Waals surface area (Å²) >= 11 is 0. The van der Waals surface area contributed by atoms with Crippen molar-refractivity contribution in [1.29, 1.82) is 0 Å². The van der Waals surface area contributed by atoms with Gasteiger partial charge in [-0.2, -0.15) is 0 Å². The molecule has 1 heterocycles. The summed E-state index contributed by atoms with van der Waals surface area (Å²) in [5.41, 5.74) is 1.93. The van der Waals surface area contributed by atoms with Crippen LogP contribution in [0.25, 0.3) is 0 Å². The van der Waals surface area contributed by atoms with Gasteiger partial charge >= 0.3 is 0 Å². The lowest BCUT2D eigenvalue weighted by Crippen LogP contribution is -2.21. The molecule has 0 aliphatic rings. The maximum atomic E-state index is 12.3. The van der Waals surface area contributed by atoms with E-state index >= 15 is 0 Å². The predicted octanol–water partition coefficient (Wildman–Crippen LogP) is 4.37. The van der Waals surface area contributed by atoms with Crippen molar-refractivity contribution in [2.24, 2.45) is 0 Å². The molecular weight excluding hydrogens is 370 g/mol. The lowest BCUT2D eigenvalue weighted by Gasteiger charge is -2.11. The van der Waals surface area contributed by atoms with Crippen molar-refractivity contribution in [2.75, 3.05) is 29.1 Å². The third-order valence-corrected chi connectivity index (χ3v) is 3.91. The average Bonchev–Trinajstić information content (AvgIpc) is 3.26. The molecule has 0 saturated heterocycles. The molecular formula is C22H23N3O4. The van der Waals surface area contributed by atoms with Gasteiger partial charge in [-0.3, -0.25) is 9.59 Å². The van der Waals surface area contributed by atoms with Crippen LogP contribution >= 0.6 is 0 Å². The molecule has 7 heteroatoms. The van der Waals surface area contributed by atoms with Crippen LogP contribution in [0.2, 0.25) is 0 Å². The van der Waals surface area contributed by atoms with E-state index in [0.29, 0.717) is 18.0 Å². The molecule has 3 N–H and O–H groups in total. The minimum atomic E-state index is -0.356. The van der Waals surface area contributed by atoms with Crippen LogP contribution in [0, 0.1) is 0 Å². The molecule has 2 aromatic carbocycles. The fourth-order valence-corrected chi connectivity index (χ4v) is 2.58. The van der Waals surface area contributed by atoms with Crippen molar-refractivity contribution in [3.63, 3.8) is 0 Å². The zero-order chi connectivity index (χ0) is 20.5. The molecule has 0 saturated carbocycles. The second-order valence-corrected chi connectivity index (χ2v) is 6.29. The molecule has 0 bridgehead atoms. The first-order valence-electron chi connectivity index (χ1n) is 9.35. The Bertz CT molecular complexity index is 954. The van der Waals surface area contributed by atoms with E-state index in [4.69, 9.17) is 9.15 Å². The Balaban J connectivity index is 1.52. The summed E-state index contributed by atoms with van der Waals surface area (Å²) in [5, 5.41) is 8.60. The highest BCUT2D eigenvalue weighted by Gasteiger charge is 2.09. The monoisotopic (exact) mass is 393 g/mol. The number of furan rings is 1. The fourth-order valence-electron chi connectivity index (χ4n) is 2.58. The zero-order valence-corrected chi connectivity index (χ0v) is 16.1. The Morgan fingerprint density at radius 2 is 1.69 bits per heavy atom. The second-order valence-electron chi connectivity index (χ2n) is 6.29. The molecule has 2 amide bonds. The number of amides is 2. The molecule has 0 spiro atoms. The maximum absolute atomic E-state index is 12.3. The molecule has 29 heavy (non-hydrogen) atoms. The quantitative estimate of drug-likeness (QED) is 0.502. The van der Waals surface area contributed by atoms with Gasteiger partial charge in [0.15, 0.2) is 5.76 Å². The summed E-state index contributed by atoms with van der Waals surface area (Å²) in [6.45, 7) is 2.79. The first-order valence-corrected chi connectivity index (χ1v) is 9.35. The summed E-state index contributed by atoms with van der Waals surface area (Å²) in [7, 11) is 0. The van der Waals surface area contributed by atoms with Crippen molar-refractivity contribution < 1.29 is 18.7 Å². The van der Waals surface area contributed by atoms with Gasteiger partial charge in [-0.1, -0.05) is 19.1 Å². The van der Waals surface area contributed by atoms with Gasteiger partial charge < -0.3 is 25.1 Å².